The van der Waals surface area contributed by atoms with Crippen molar-refractivity contribution in [2.75, 3.05) is 144 Å². The number of likely N-dealkylation sites (N-methyl/N-ethyl adjacent to an activating group) is 2. The number of piperazine rings is 2. The SMILES string of the molecule is CN1c2ccccc2C(C)(C)C12C=Nc1c(cc(N3CCN(C(=O)CCC(=O)OCCOCCC[S+](C)O[S+](C)C(C)(C)CCCOCCOC(=O)CCC(=O)N4CCN(c5cc6c(c7ccccc57)N=CC5(O6)N(C)c6ccccc6C5(C)C)CC4)CC3)c3ccccc13)O2. The van der Waals surface area contributed by atoms with E-state index < -0.39 is 23.4 Å². The van der Waals surface area contributed by atoms with Crippen molar-refractivity contribution in [2.45, 2.75) is 114 Å². The molecule has 6 aromatic carbocycles. The fourth-order valence-corrected chi connectivity index (χ4v) is 18.0. The Balaban J connectivity index is 0.481. The number of anilines is 4. The average Bonchev–Trinajstić information content (AvgIpc) is 1.52. The minimum atomic E-state index is -0.803. The maximum Gasteiger partial charge on any atom is 0.306 e. The van der Waals surface area contributed by atoms with Gasteiger partial charge in [0.1, 0.15) is 42.9 Å². The van der Waals surface area contributed by atoms with E-state index in [9.17, 15) is 19.2 Å². The number of rotatable bonds is 25. The van der Waals surface area contributed by atoms with Crippen molar-refractivity contribution >= 4 is 114 Å². The number of ether oxygens (including phenoxy) is 6. The molecule has 21 heteroatoms. The molecule has 0 saturated carbocycles. The van der Waals surface area contributed by atoms with Crippen LogP contribution in [0.2, 0.25) is 0 Å². The maximum atomic E-state index is 13.4. The van der Waals surface area contributed by atoms with E-state index in [-0.39, 0.29) is 102 Å². The van der Waals surface area contributed by atoms with Gasteiger partial charge in [-0.3, -0.25) is 29.2 Å². The zero-order chi connectivity index (χ0) is 67.6. The van der Waals surface area contributed by atoms with Crippen molar-refractivity contribution in [2.24, 2.45) is 9.98 Å². The lowest BCUT2D eigenvalue weighted by atomic mass is 9.77. The second kappa shape index (κ2) is 28.5. The lowest BCUT2D eigenvalue weighted by Crippen LogP contribution is -2.61. The molecular weight excluding hydrogens is 1250 g/mol. The normalized spacial score (nSPS) is 20.4. The Hall–Kier alpha value is -7.56. The quantitative estimate of drug-likeness (QED) is 0.0300. The number of carbonyl (C=O) groups is 4. The Bertz CT molecular complexity index is 3920. The van der Waals surface area contributed by atoms with Gasteiger partial charge in [-0.05, 0) is 71.2 Å². The van der Waals surface area contributed by atoms with E-state index in [0.29, 0.717) is 65.6 Å². The van der Waals surface area contributed by atoms with Crippen LogP contribution in [0.25, 0.3) is 21.5 Å². The molecular formula is C75H94N8O11S2+2. The fourth-order valence-electron chi connectivity index (χ4n) is 14.6. The minimum absolute atomic E-state index is 0.0192. The first-order chi connectivity index (χ1) is 46.1. The van der Waals surface area contributed by atoms with Crippen molar-refractivity contribution in [1.29, 1.82) is 0 Å². The molecule has 4 atom stereocenters. The average molecular weight is 1350 g/mol. The summed E-state index contributed by atoms with van der Waals surface area (Å²) in [5.74, 6) is 1.40. The smallest absolute Gasteiger partial charge is 0.306 e. The van der Waals surface area contributed by atoms with E-state index in [1.807, 2.05) is 46.5 Å². The number of nitrogens with zero attached hydrogens (tertiary/aromatic N) is 8. The second-order valence-electron chi connectivity index (χ2n) is 27.5. The standard InChI is InChI=1S/C75H94N8O11S2/c1-71(2,33-19-42-88-44-46-90-67(86)31-29-65(84)82-38-34-80(35-39-82)61-49-63-69(55-23-13-11-21-53(55)61)76-51-74(92-63)72(3,4)57-25-15-17-27-59(57)78(74)7)96(10)94-95(9)48-20-43-89-45-47-91-68(87)32-30-66(85)83-40-36-81(37-41-83)62-50-64-70(56-24-14-12-22-54(56)62)77-52-75(93-64)73(5,6)58-26-16-18-28-60(58)79(75)8/h11-18,21-28,49-52H,19-20,29-48H2,1-10H3/q+2. The molecule has 0 aliphatic carbocycles. The third-order valence-corrected chi connectivity index (χ3v) is 25.0. The van der Waals surface area contributed by atoms with E-state index in [0.717, 1.165) is 92.2 Å². The summed E-state index contributed by atoms with van der Waals surface area (Å²) in [5.41, 5.74) is 6.07. The van der Waals surface area contributed by atoms with E-state index in [4.69, 9.17) is 42.0 Å². The zero-order valence-corrected chi connectivity index (χ0v) is 59.1. The van der Waals surface area contributed by atoms with Gasteiger partial charge in [-0.1, -0.05) is 84.9 Å². The van der Waals surface area contributed by atoms with Gasteiger partial charge in [0.15, 0.2) is 16.2 Å². The number of esters is 2. The molecule has 2 saturated heterocycles. The van der Waals surface area contributed by atoms with Crippen LogP contribution in [0.15, 0.2) is 119 Å². The molecule has 6 aliphatic heterocycles. The highest BCUT2D eigenvalue weighted by Gasteiger charge is 2.60. The molecule has 6 aromatic rings. The van der Waals surface area contributed by atoms with E-state index in [2.05, 4.69) is 173 Å². The third kappa shape index (κ3) is 13.3. The van der Waals surface area contributed by atoms with Crippen LogP contribution >= 0.6 is 0 Å². The first kappa shape index (κ1) is 68.4. The van der Waals surface area contributed by atoms with Gasteiger partial charge in [0.2, 0.25) is 45.6 Å². The Labute approximate surface area is 571 Å². The summed E-state index contributed by atoms with van der Waals surface area (Å²) in [6.45, 7) is 19.9. The van der Waals surface area contributed by atoms with Gasteiger partial charge in [-0.2, -0.15) is 0 Å². The Morgan fingerprint density at radius 2 is 0.917 bits per heavy atom. The first-order valence-electron chi connectivity index (χ1n) is 33.9. The number of hydrogen-bond donors (Lipinski definition) is 0. The summed E-state index contributed by atoms with van der Waals surface area (Å²) in [6, 6.07) is 37.7. The lowest BCUT2D eigenvalue weighted by Gasteiger charge is -2.45. The number of benzene rings is 6. The summed E-state index contributed by atoms with van der Waals surface area (Å²) in [7, 11) is 4.14. The molecule has 2 spiro atoms. The predicted octanol–water partition coefficient (Wildman–Crippen LogP) is 11.4. The second-order valence-corrected chi connectivity index (χ2v) is 31.6. The maximum absolute atomic E-state index is 13.4. The van der Waals surface area contributed by atoms with Crippen molar-refractivity contribution in [1.82, 2.24) is 9.80 Å². The lowest BCUT2D eigenvalue weighted by molar-refractivity contribution is -0.147. The van der Waals surface area contributed by atoms with Crippen molar-refractivity contribution in [3.05, 3.63) is 120 Å². The molecule has 96 heavy (non-hydrogen) atoms. The van der Waals surface area contributed by atoms with Gasteiger partial charge in [0.25, 0.3) is 0 Å². The number of amides is 2. The van der Waals surface area contributed by atoms with Gasteiger partial charge in [0, 0.05) is 159 Å². The molecule has 510 valence electrons. The molecule has 2 fully saturated rings. The van der Waals surface area contributed by atoms with Gasteiger partial charge >= 0.3 is 11.9 Å². The largest absolute Gasteiger partial charge is 0.463 e. The number of hydrogen-bond acceptors (Lipinski definition) is 17. The van der Waals surface area contributed by atoms with Gasteiger partial charge in [0.05, 0.1) is 55.9 Å². The van der Waals surface area contributed by atoms with Crippen LogP contribution in [-0.2, 0) is 74.9 Å². The van der Waals surface area contributed by atoms with Gasteiger partial charge < -0.3 is 57.8 Å². The summed E-state index contributed by atoms with van der Waals surface area (Å²) in [4.78, 5) is 75.1. The van der Waals surface area contributed by atoms with E-state index >= 15 is 0 Å². The Morgan fingerprint density at radius 1 is 0.510 bits per heavy atom. The molecule has 0 aromatic heterocycles. The van der Waals surface area contributed by atoms with Crippen molar-refractivity contribution < 1.29 is 51.2 Å². The molecule has 6 aliphatic rings. The molecule has 12 rings (SSSR count). The predicted molar refractivity (Wildman–Crippen MR) is 387 cm³/mol. The molecule has 2 amide bonds. The molecule has 0 radical (unpaired) electrons. The summed E-state index contributed by atoms with van der Waals surface area (Å²) in [6.07, 6.45) is 11.0. The number of para-hydroxylation sites is 2. The molecule has 4 unspecified atom stereocenters. The highest BCUT2D eigenvalue weighted by atomic mass is 32.3. The van der Waals surface area contributed by atoms with Gasteiger partial charge in [-0.25, -0.2) is 0 Å². The topological polar surface area (TPSA) is 177 Å². The van der Waals surface area contributed by atoms with Crippen LogP contribution in [0.4, 0.5) is 34.1 Å². The number of fused-ring (bicyclic) bond motifs is 8. The third-order valence-electron chi connectivity index (χ3n) is 20.7. The molecule has 0 bridgehead atoms. The Morgan fingerprint density at radius 3 is 1.35 bits per heavy atom. The fraction of sp³-hybridized carbons (Fsp3) is 0.493. The van der Waals surface area contributed by atoms with Crippen LogP contribution < -0.4 is 29.1 Å². The van der Waals surface area contributed by atoms with Crippen LogP contribution in [-0.4, -0.2) is 187 Å². The summed E-state index contributed by atoms with van der Waals surface area (Å²) < 4.78 is 43.2. The molecule has 0 N–H and O–H groups in total. The number of aliphatic imine (C=N–C) groups is 2. The summed E-state index contributed by atoms with van der Waals surface area (Å²) in [5, 5.41) is 4.21. The minimum Gasteiger partial charge on any atom is -0.463 e. The molecule has 19 nitrogen and oxygen atoms in total. The van der Waals surface area contributed by atoms with Crippen molar-refractivity contribution in [3.8, 4) is 11.5 Å². The highest BCUT2D eigenvalue weighted by Crippen LogP contribution is 2.57. The van der Waals surface area contributed by atoms with Crippen LogP contribution in [0, 0.1) is 0 Å². The monoisotopic (exact) mass is 1350 g/mol. The van der Waals surface area contributed by atoms with Crippen LogP contribution in [0.3, 0.4) is 0 Å². The van der Waals surface area contributed by atoms with E-state index in [1.165, 1.54) is 11.1 Å². The van der Waals surface area contributed by atoms with Crippen LogP contribution in [0.5, 0.6) is 11.5 Å². The Kier molecular flexibility index (Phi) is 20.3. The molecule has 6 heterocycles. The zero-order valence-electron chi connectivity index (χ0n) is 57.5. The van der Waals surface area contributed by atoms with Crippen molar-refractivity contribution in [3.63, 3.8) is 0 Å². The number of carbonyl (C=O) groups excluding carboxylic acids is 4. The van der Waals surface area contributed by atoms with E-state index in [1.54, 1.807) is 0 Å². The van der Waals surface area contributed by atoms with Crippen LogP contribution in [0.1, 0.15) is 97.6 Å². The highest BCUT2D eigenvalue weighted by molar-refractivity contribution is 8.05. The van der Waals surface area contributed by atoms with Gasteiger partial charge in [-0.15, -0.1) is 0 Å². The summed E-state index contributed by atoms with van der Waals surface area (Å²) >= 11 is -0.562. The first-order valence-corrected chi connectivity index (χ1v) is 37.2.